The van der Waals surface area contributed by atoms with Crippen molar-refractivity contribution in [2.45, 2.75) is 20.3 Å². The fraction of sp³-hybridized carbons (Fsp3) is 0.375. The van der Waals surface area contributed by atoms with Crippen molar-refractivity contribution in [1.29, 1.82) is 0 Å². The minimum absolute atomic E-state index is 0.0123. The summed E-state index contributed by atoms with van der Waals surface area (Å²) in [6, 6.07) is 4.00. The lowest BCUT2D eigenvalue weighted by atomic mass is 10.2. The van der Waals surface area contributed by atoms with Crippen LogP contribution in [-0.4, -0.2) is 52.2 Å². The maximum atomic E-state index is 12.1. The fourth-order valence-electron chi connectivity index (χ4n) is 2.31. The number of methoxy groups -OCH3 is 1. The first-order valence-electron chi connectivity index (χ1n) is 8.03. The zero-order valence-electron chi connectivity index (χ0n) is 15.0. The van der Waals surface area contributed by atoms with Crippen LogP contribution in [0.15, 0.2) is 18.2 Å². The number of rotatable bonds is 8. The molecule has 1 aromatic heterocycles. The summed E-state index contributed by atoms with van der Waals surface area (Å²) in [5.74, 6) is -1.11. The predicted octanol–water partition coefficient (Wildman–Crippen LogP) is 1.47. The van der Waals surface area contributed by atoms with Crippen LogP contribution >= 0.6 is 0 Å². The first-order valence-corrected chi connectivity index (χ1v) is 8.03. The molecule has 144 valence electrons. The Balaban J connectivity index is 2.64. The molecule has 27 heavy (non-hydrogen) atoms. The van der Waals surface area contributed by atoms with Gasteiger partial charge in [0.25, 0.3) is 5.69 Å². The molecule has 0 saturated carbocycles. The van der Waals surface area contributed by atoms with Gasteiger partial charge in [0.05, 0.1) is 37.4 Å². The molecular weight excluding hydrogens is 360 g/mol. The van der Waals surface area contributed by atoms with Crippen LogP contribution in [0, 0.1) is 10.1 Å². The van der Waals surface area contributed by atoms with E-state index in [-0.39, 0.29) is 42.4 Å². The molecule has 0 fully saturated rings. The molecule has 11 heteroatoms. The Morgan fingerprint density at radius 2 is 1.93 bits per heavy atom. The van der Waals surface area contributed by atoms with Gasteiger partial charge in [-0.2, -0.15) is 0 Å². The number of esters is 2. The highest BCUT2D eigenvalue weighted by atomic mass is 16.6. The van der Waals surface area contributed by atoms with E-state index in [4.69, 9.17) is 14.2 Å². The van der Waals surface area contributed by atoms with Gasteiger partial charge in [0, 0.05) is 12.1 Å². The first kappa shape index (κ1) is 19.8. The molecule has 0 amide bonds. The van der Waals surface area contributed by atoms with E-state index >= 15 is 0 Å². The van der Waals surface area contributed by atoms with Gasteiger partial charge < -0.3 is 14.2 Å². The van der Waals surface area contributed by atoms with E-state index in [0.29, 0.717) is 5.75 Å². The third-order valence-corrected chi connectivity index (χ3v) is 3.46. The molecule has 0 aliphatic rings. The molecule has 2 rings (SSSR count). The molecule has 0 unspecified atom stereocenters. The van der Waals surface area contributed by atoms with Crippen LogP contribution in [-0.2, 0) is 20.7 Å². The van der Waals surface area contributed by atoms with Gasteiger partial charge in [-0.3, -0.25) is 14.9 Å². The molecule has 0 aliphatic heterocycles. The smallest absolute Gasteiger partial charge is 0.360 e. The molecule has 11 nitrogen and oxygen atoms in total. The maximum Gasteiger partial charge on any atom is 0.360 e. The highest BCUT2D eigenvalue weighted by molar-refractivity contribution is 5.90. The van der Waals surface area contributed by atoms with Crippen LogP contribution in [0.4, 0.5) is 5.69 Å². The summed E-state index contributed by atoms with van der Waals surface area (Å²) >= 11 is 0. The highest BCUT2D eigenvalue weighted by Crippen LogP contribution is 2.29. The Hall–Kier alpha value is -3.50. The van der Waals surface area contributed by atoms with Gasteiger partial charge in [-0.05, 0) is 19.9 Å². The summed E-state index contributed by atoms with van der Waals surface area (Å²) in [5, 5.41) is 19.0. The summed E-state index contributed by atoms with van der Waals surface area (Å²) in [6.45, 7) is 3.46. The molecule has 0 atom stereocenters. The number of nitro benzene ring substituents is 1. The largest absolute Gasteiger partial charge is 0.497 e. The second-order valence-corrected chi connectivity index (χ2v) is 5.11. The Bertz CT molecular complexity index is 862. The number of hydrogen-bond acceptors (Lipinski definition) is 9. The number of aromatic nitrogens is 3. The molecule has 0 saturated heterocycles. The van der Waals surface area contributed by atoms with Crippen molar-refractivity contribution in [2.75, 3.05) is 20.3 Å². The molecule has 0 N–H and O–H groups in total. The van der Waals surface area contributed by atoms with Crippen LogP contribution in [0.2, 0.25) is 0 Å². The van der Waals surface area contributed by atoms with Crippen molar-refractivity contribution >= 4 is 17.6 Å². The van der Waals surface area contributed by atoms with Crippen molar-refractivity contribution in [1.82, 2.24) is 15.0 Å². The summed E-state index contributed by atoms with van der Waals surface area (Å²) in [6.07, 6.45) is -0.372. The van der Waals surface area contributed by atoms with E-state index in [0.717, 1.165) is 4.68 Å². The van der Waals surface area contributed by atoms with Crippen LogP contribution in [0.25, 0.3) is 5.69 Å². The average Bonchev–Trinajstić information content (AvgIpc) is 3.04. The minimum Gasteiger partial charge on any atom is -0.497 e. The van der Waals surface area contributed by atoms with Gasteiger partial charge in [-0.25, -0.2) is 9.48 Å². The number of nitro groups is 1. The van der Waals surface area contributed by atoms with Gasteiger partial charge in [-0.15, -0.1) is 5.10 Å². The van der Waals surface area contributed by atoms with E-state index < -0.39 is 16.9 Å². The Morgan fingerprint density at radius 3 is 2.52 bits per heavy atom. The summed E-state index contributed by atoms with van der Waals surface area (Å²) in [7, 11) is 1.40. The topological polar surface area (TPSA) is 136 Å². The van der Waals surface area contributed by atoms with Gasteiger partial charge in [-0.1, -0.05) is 5.21 Å². The Kier molecular flexibility index (Phi) is 6.41. The second kappa shape index (κ2) is 8.74. The summed E-state index contributed by atoms with van der Waals surface area (Å²) in [4.78, 5) is 34.9. The van der Waals surface area contributed by atoms with Gasteiger partial charge in [0.2, 0.25) is 0 Å². The first-order chi connectivity index (χ1) is 12.9. The van der Waals surface area contributed by atoms with E-state index in [9.17, 15) is 19.7 Å². The van der Waals surface area contributed by atoms with E-state index in [1.165, 1.54) is 25.3 Å². The third kappa shape index (κ3) is 4.37. The fourth-order valence-corrected chi connectivity index (χ4v) is 2.31. The minimum atomic E-state index is -0.798. The quantitative estimate of drug-likeness (QED) is 0.380. The van der Waals surface area contributed by atoms with Gasteiger partial charge in [0.15, 0.2) is 5.69 Å². The van der Waals surface area contributed by atoms with E-state index in [1.54, 1.807) is 13.8 Å². The van der Waals surface area contributed by atoms with Crippen molar-refractivity contribution in [3.63, 3.8) is 0 Å². The number of carbonyl (C=O) groups is 2. The van der Waals surface area contributed by atoms with Crippen LogP contribution < -0.4 is 4.74 Å². The molecule has 1 heterocycles. The van der Waals surface area contributed by atoms with Gasteiger partial charge in [0.1, 0.15) is 11.4 Å². The highest BCUT2D eigenvalue weighted by Gasteiger charge is 2.28. The van der Waals surface area contributed by atoms with Crippen molar-refractivity contribution in [2.24, 2.45) is 0 Å². The normalized spacial score (nSPS) is 10.3. The lowest BCUT2D eigenvalue weighted by Gasteiger charge is -2.09. The molecule has 0 bridgehead atoms. The van der Waals surface area contributed by atoms with E-state index in [2.05, 4.69) is 10.3 Å². The number of ether oxygens (including phenoxy) is 3. The molecular formula is C16H18N4O7. The van der Waals surface area contributed by atoms with Crippen molar-refractivity contribution in [3.8, 4) is 11.4 Å². The predicted molar refractivity (Wildman–Crippen MR) is 90.9 cm³/mol. The number of benzene rings is 1. The third-order valence-electron chi connectivity index (χ3n) is 3.46. The van der Waals surface area contributed by atoms with Crippen LogP contribution in [0.3, 0.4) is 0 Å². The molecule has 0 aliphatic carbocycles. The number of carbonyl (C=O) groups excluding carboxylic acids is 2. The summed E-state index contributed by atoms with van der Waals surface area (Å²) < 4.78 is 16.0. The van der Waals surface area contributed by atoms with Crippen molar-refractivity contribution in [3.05, 3.63) is 39.7 Å². The van der Waals surface area contributed by atoms with E-state index in [1.807, 2.05) is 0 Å². The lowest BCUT2D eigenvalue weighted by Crippen LogP contribution is -2.16. The molecule has 0 radical (unpaired) electrons. The Labute approximate surface area is 154 Å². The van der Waals surface area contributed by atoms with Crippen LogP contribution in [0.1, 0.15) is 30.0 Å². The number of hydrogen-bond donors (Lipinski definition) is 0. The lowest BCUT2D eigenvalue weighted by molar-refractivity contribution is -0.384. The summed E-state index contributed by atoms with van der Waals surface area (Å²) in [5.41, 5.74) is -0.520. The van der Waals surface area contributed by atoms with Gasteiger partial charge >= 0.3 is 11.9 Å². The zero-order valence-corrected chi connectivity index (χ0v) is 15.0. The van der Waals surface area contributed by atoms with Crippen molar-refractivity contribution < 1.29 is 28.7 Å². The molecule has 1 aromatic carbocycles. The molecule has 2 aromatic rings. The molecule has 0 spiro atoms. The maximum absolute atomic E-state index is 12.1. The number of nitrogens with zero attached hydrogens (tertiary/aromatic N) is 4. The zero-order chi connectivity index (χ0) is 20.0. The second-order valence-electron chi connectivity index (χ2n) is 5.11. The monoisotopic (exact) mass is 378 g/mol. The Morgan fingerprint density at radius 1 is 1.22 bits per heavy atom. The van der Waals surface area contributed by atoms with Crippen LogP contribution in [0.5, 0.6) is 5.75 Å². The standard InChI is InChI=1S/C16H18N4O7/c1-4-26-14(21)9-13-15(16(22)27-5-2)17-18-19(13)12-8-10(25-3)6-7-11(12)20(23)24/h6-8H,4-5,9H2,1-3H3. The average molecular weight is 378 g/mol. The SMILES string of the molecule is CCOC(=O)Cc1c(C(=O)OCC)nnn1-c1cc(OC)ccc1[N+](=O)[O-].